The predicted molar refractivity (Wildman–Crippen MR) is 75.7 cm³/mol. The van der Waals surface area contributed by atoms with Gasteiger partial charge in [0.15, 0.2) is 5.78 Å². The van der Waals surface area contributed by atoms with E-state index in [9.17, 15) is 22.8 Å². The Hall–Kier alpha value is -2.09. The number of ether oxygens (including phenoxy) is 1. The molecule has 0 bridgehead atoms. The maximum absolute atomic E-state index is 12.6. The molecule has 1 aromatic rings. The first-order chi connectivity index (χ1) is 10.8. The van der Waals surface area contributed by atoms with Crippen LogP contribution in [0.2, 0.25) is 0 Å². The number of rotatable bonds is 6. The molecule has 2 atom stereocenters. The van der Waals surface area contributed by atoms with Gasteiger partial charge in [0, 0.05) is 12.5 Å². The lowest BCUT2D eigenvalue weighted by atomic mass is 9.97. The Bertz CT molecular complexity index is 590. The number of benzene rings is 1. The molecule has 5 nitrogen and oxygen atoms in total. The molecule has 2 unspecified atom stereocenters. The molecule has 0 saturated carbocycles. The first-order valence-corrected chi connectivity index (χ1v) is 7.13. The minimum Gasteiger partial charge on any atom is -0.486 e. The number of alkyl halides is 3. The van der Waals surface area contributed by atoms with Gasteiger partial charge in [0.05, 0.1) is 11.6 Å². The zero-order chi connectivity index (χ0) is 17.0. The summed E-state index contributed by atoms with van der Waals surface area (Å²) < 4.78 is 42.8. The van der Waals surface area contributed by atoms with E-state index in [1.165, 1.54) is 12.1 Å². The van der Waals surface area contributed by atoms with Gasteiger partial charge in [-0.25, -0.2) is 0 Å². The third-order valence-corrected chi connectivity index (χ3v) is 3.66. The largest absolute Gasteiger partial charge is 0.486 e. The van der Waals surface area contributed by atoms with E-state index in [1.807, 2.05) is 0 Å². The van der Waals surface area contributed by atoms with Gasteiger partial charge >= 0.3 is 6.18 Å². The molecule has 1 saturated heterocycles. The lowest BCUT2D eigenvalue weighted by Gasteiger charge is -2.15. The topological polar surface area (TPSA) is 81.4 Å². The first kappa shape index (κ1) is 17.3. The standard InChI is InChI=1S/C15H17F3N2O3/c16-15(17,18)10-2-1-3-11(7-10)23-8-13(21)12(19)6-9-4-5-20-14(9)22/h1-3,7,9,12H,4-6,8,19H2,(H,20,22). The van der Waals surface area contributed by atoms with Crippen molar-refractivity contribution in [3.8, 4) is 5.75 Å². The fourth-order valence-corrected chi connectivity index (χ4v) is 2.33. The number of ketones is 1. The molecule has 1 amide bonds. The van der Waals surface area contributed by atoms with E-state index in [0.717, 1.165) is 12.1 Å². The van der Waals surface area contributed by atoms with Gasteiger partial charge in [0.1, 0.15) is 12.4 Å². The number of amides is 1. The van der Waals surface area contributed by atoms with Crippen molar-refractivity contribution in [1.29, 1.82) is 0 Å². The van der Waals surface area contributed by atoms with E-state index in [1.54, 1.807) is 0 Å². The van der Waals surface area contributed by atoms with E-state index < -0.39 is 30.2 Å². The van der Waals surface area contributed by atoms with Crippen molar-refractivity contribution >= 4 is 11.7 Å². The van der Waals surface area contributed by atoms with Gasteiger partial charge in [0.2, 0.25) is 5.91 Å². The van der Waals surface area contributed by atoms with Crippen LogP contribution in [-0.2, 0) is 15.8 Å². The van der Waals surface area contributed by atoms with Gasteiger partial charge in [-0.05, 0) is 31.0 Å². The number of carbonyl (C=O) groups is 2. The van der Waals surface area contributed by atoms with Crippen molar-refractivity contribution in [1.82, 2.24) is 5.32 Å². The van der Waals surface area contributed by atoms with Crippen molar-refractivity contribution < 1.29 is 27.5 Å². The molecular weight excluding hydrogens is 313 g/mol. The van der Waals surface area contributed by atoms with Crippen LogP contribution in [0.15, 0.2) is 24.3 Å². The van der Waals surface area contributed by atoms with Crippen LogP contribution in [0.3, 0.4) is 0 Å². The minimum absolute atomic E-state index is 0.0565. The highest BCUT2D eigenvalue weighted by atomic mass is 19.4. The smallest absolute Gasteiger partial charge is 0.416 e. The molecule has 0 aliphatic carbocycles. The van der Waals surface area contributed by atoms with Gasteiger partial charge in [-0.1, -0.05) is 6.07 Å². The highest BCUT2D eigenvalue weighted by Crippen LogP contribution is 2.31. The Labute approximate surface area is 131 Å². The molecule has 1 aliphatic heterocycles. The molecule has 126 valence electrons. The van der Waals surface area contributed by atoms with E-state index in [0.29, 0.717) is 13.0 Å². The number of carbonyl (C=O) groups excluding carboxylic acids is 2. The second-order valence-corrected chi connectivity index (χ2v) is 5.40. The van der Waals surface area contributed by atoms with Crippen molar-refractivity contribution in [2.45, 2.75) is 25.1 Å². The maximum Gasteiger partial charge on any atom is 0.416 e. The molecule has 1 aliphatic rings. The third kappa shape index (κ3) is 4.69. The third-order valence-electron chi connectivity index (χ3n) is 3.66. The van der Waals surface area contributed by atoms with Crippen molar-refractivity contribution in [2.24, 2.45) is 11.7 Å². The van der Waals surface area contributed by atoms with Crippen LogP contribution in [0.1, 0.15) is 18.4 Å². The van der Waals surface area contributed by atoms with Gasteiger partial charge in [0.25, 0.3) is 0 Å². The zero-order valence-electron chi connectivity index (χ0n) is 12.2. The number of nitrogens with two attached hydrogens (primary N) is 1. The Balaban J connectivity index is 1.87. The van der Waals surface area contributed by atoms with Crippen LogP contribution in [0, 0.1) is 5.92 Å². The van der Waals surface area contributed by atoms with Crippen LogP contribution in [0.25, 0.3) is 0 Å². The SMILES string of the molecule is NC(CC1CCNC1=O)C(=O)COc1cccc(C(F)(F)F)c1. The molecule has 0 radical (unpaired) electrons. The van der Waals surface area contributed by atoms with E-state index in [-0.39, 0.29) is 24.0 Å². The fraction of sp³-hybridized carbons (Fsp3) is 0.467. The van der Waals surface area contributed by atoms with Crippen molar-refractivity contribution in [3.05, 3.63) is 29.8 Å². The average Bonchev–Trinajstić information content (AvgIpc) is 2.89. The lowest BCUT2D eigenvalue weighted by molar-refractivity contribution is -0.137. The Kier molecular flexibility index (Phi) is 5.25. The number of hydrogen-bond donors (Lipinski definition) is 2. The summed E-state index contributed by atoms with van der Waals surface area (Å²) in [7, 11) is 0. The number of nitrogens with one attached hydrogen (secondary N) is 1. The molecule has 8 heteroatoms. The van der Waals surface area contributed by atoms with E-state index >= 15 is 0 Å². The molecule has 1 heterocycles. The van der Waals surface area contributed by atoms with Crippen molar-refractivity contribution in [2.75, 3.05) is 13.2 Å². The molecule has 0 spiro atoms. The second kappa shape index (κ2) is 6.99. The molecule has 1 aromatic carbocycles. The zero-order valence-corrected chi connectivity index (χ0v) is 12.2. The van der Waals surface area contributed by atoms with Crippen LogP contribution in [0.4, 0.5) is 13.2 Å². The Morgan fingerprint density at radius 1 is 1.43 bits per heavy atom. The molecule has 23 heavy (non-hydrogen) atoms. The Morgan fingerprint density at radius 2 is 2.17 bits per heavy atom. The summed E-state index contributed by atoms with van der Waals surface area (Å²) in [5.41, 5.74) is 4.88. The van der Waals surface area contributed by atoms with Gasteiger partial charge in [-0.15, -0.1) is 0 Å². The van der Waals surface area contributed by atoms with Gasteiger partial charge < -0.3 is 15.8 Å². The van der Waals surface area contributed by atoms with Crippen molar-refractivity contribution in [3.63, 3.8) is 0 Å². The van der Waals surface area contributed by atoms with E-state index in [2.05, 4.69) is 5.32 Å². The molecule has 1 fully saturated rings. The average molecular weight is 330 g/mol. The number of halogens is 3. The summed E-state index contributed by atoms with van der Waals surface area (Å²) in [4.78, 5) is 23.3. The monoisotopic (exact) mass is 330 g/mol. The fourth-order valence-electron chi connectivity index (χ4n) is 2.33. The number of hydrogen-bond acceptors (Lipinski definition) is 4. The first-order valence-electron chi connectivity index (χ1n) is 7.13. The summed E-state index contributed by atoms with van der Waals surface area (Å²) in [6, 6.07) is 3.39. The quantitative estimate of drug-likeness (QED) is 0.828. The molecular formula is C15H17F3N2O3. The molecule has 2 rings (SSSR count). The second-order valence-electron chi connectivity index (χ2n) is 5.40. The molecule has 0 aromatic heterocycles. The summed E-state index contributed by atoms with van der Waals surface area (Å²) in [6.45, 7) is 0.127. The van der Waals surface area contributed by atoms with Gasteiger partial charge in [-0.3, -0.25) is 9.59 Å². The normalized spacial score (nSPS) is 19.3. The summed E-state index contributed by atoms with van der Waals surface area (Å²) >= 11 is 0. The van der Waals surface area contributed by atoms with Crippen LogP contribution >= 0.6 is 0 Å². The number of Topliss-reactive ketones (excluding diaryl/α,β-unsaturated/α-hetero) is 1. The minimum atomic E-state index is -4.48. The molecule has 3 N–H and O–H groups in total. The van der Waals surface area contributed by atoms with E-state index in [4.69, 9.17) is 10.5 Å². The van der Waals surface area contributed by atoms with Gasteiger partial charge in [-0.2, -0.15) is 13.2 Å². The van der Waals surface area contributed by atoms with Crippen LogP contribution in [-0.4, -0.2) is 30.9 Å². The van der Waals surface area contributed by atoms with Crippen LogP contribution in [0.5, 0.6) is 5.75 Å². The van der Waals surface area contributed by atoms with Crippen LogP contribution < -0.4 is 15.8 Å². The highest BCUT2D eigenvalue weighted by Gasteiger charge is 2.31. The summed E-state index contributed by atoms with van der Waals surface area (Å²) in [5.74, 6) is -0.948. The summed E-state index contributed by atoms with van der Waals surface area (Å²) in [5, 5.41) is 2.65. The Morgan fingerprint density at radius 3 is 2.78 bits per heavy atom. The lowest BCUT2D eigenvalue weighted by Crippen LogP contribution is -2.37. The highest BCUT2D eigenvalue weighted by molar-refractivity contribution is 5.87. The maximum atomic E-state index is 12.6. The summed E-state index contributed by atoms with van der Waals surface area (Å²) in [6.07, 6.45) is -3.65. The predicted octanol–water partition coefficient (Wildman–Crippen LogP) is 1.51.